The van der Waals surface area contributed by atoms with Crippen LogP contribution in [0.15, 0.2) is 96.2 Å². The molecule has 0 amide bonds. The minimum Gasteiger partial charge on any atom is -0.493 e. The fourth-order valence-electron chi connectivity index (χ4n) is 4.55. The Bertz CT molecular complexity index is 2160. The lowest BCUT2D eigenvalue weighted by molar-refractivity contribution is -0.763. The van der Waals surface area contributed by atoms with Crippen molar-refractivity contribution in [2.45, 2.75) is 37.7 Å². The normalized spacial score (nSPS) is 11.2. The number of sulfonamides is 1. The van der Waals surface area contributed by atoms with Crippen molar-refractivity contribution >= 4 is 22.0 Å². The molecule has 276 valence electrons. The van der Waals surface area contributed by atoms with Gasteiger partial charge in [0.25, 0.3) is 21.0 Å². The van der Waals surface area contributed by atoms with E-state index in [1.807, 2.05) is 20.8 Å². The van der Waals surface area contributed by atoms with Gasteiger partial charge in [-0.3, -0.25) is 4.72 Å². The number of carbonyl (C=O) groups is 1. The molecule has 0 fully saturated rings. The van der Waals surface area contributed by atoms with Crippen LogP contribution >= 0.6 is 0 Å². The molecule has 2 heterocycles. The lowest BCUT2D eigenvalue weighted by Gasteiger charge is -2.20. The number of nitrogens with zero attached hydrogens (tertiary/aromatic N) is 5. The van der Waals surface area contributed by atoms with Gasteiger partial charge in [0.1, 0.15) is 25.6 Å². The summed E-state index contributed by atoms with van der Waals surface area (Å²) in [5.41, 5.74) is 1.10. The van der Waals surface area contributed by atoms with E-state index in [2.05, 4.69) is 29.5 Å². The van der Waals surface area contributed by atoms with E-state index in [4.69, 9.17) is 23.7 Å². The molecule has 0 saturated heterocycles. The van der Waals surface area contributed by atoms with Gasteiger partial charge in [-0.15, -0.1) is 10.1 Å². The van der Waals surface area contributed by atoms with Gasteiger partial charge in [-0.05, 0) is 59.0 Å². The summed E-state index contributed by atoms with van der Waals surface area (Å²) in [5.74, 6) is -0.360. The minimum atomic E-state index is -4.27. The molecular formula is C35H34N6O11S. The second kappa shape index (κ2) is 16.6. The van der Waals surface area contributed by atoms with Gasteiger partial charge in [0.05, 0.1) is 12.0 Å². The number of methoxy groups -OCH3 is 1. The predicted octanol–water partition coefficient (Wildman–Crippen LogP) is 6.14. The van der Waals surface area contributed by atoms with Crippen LogP contribution in [0.25, 0.3) is 11.6 Å². The molecule has 0 radical (unpaired) electrons. The summed E-state index contributed by atoms with van der Waals surface area (Å²) in [6.07, 6.45) is 1.81. The first kappa shape index (κ1) is 37.7. The first-order chi connectivity index (χ1) is 25.3. The van der Waals surface area contributed by atoms with E-state index in [-0.39, 0.29) is 70.7 Å². The van der Waals surface area contributed by atoms with Crippen LogP contribution in [-0.2, 0) is 31.6 Å². The number of nitrogens with one attached hydrogen (secondary N) is 1. The van der Waals surface area contributed by atoms with Crippen LogP contribution in [0.3, 0.4) is 0 Å². The lowest BCUT2D eigenvalue weighted by Crippen LogP contribution is -2.18. The van der Waals surface area contributed by atoms with Gasteiger partial charge in [0.2, 0.25) is 11.6 Å². The maximum atomic E-state index is 13.8. The van der Waals surface area contributed by atoms with Crippen LogP contribution in [0.5, 0.6) is 28.9 Å². The summed E-state index contributed by atoms with van der Waals surface area (Å²) in [4.78, 5) is 44.5. The van der Waals surface area contributed by atoms with E-state index >= 15 is 0 Å². The van der Waals surface area contributed by atoms with E-state index in [0.29, 0.717) is 11.3 Å². The SMILES string of the molecule is COc1ccccc1Oc1c(NS(=O)(=O)c2ccc(C(C)(C)C)cc2)nc(-c2ncccn2)nc1OCCOC(=O)Oc1cccc(CO[N+](=O)[O-])c1. The van der Waals surface area contributed by atoms with Gasteiger partial charge in [-0.2, -0.15) is 4.98 Å². The average molecular weight is 747 g/mol. The standard InChI is InChI=1S/C35H34N6O11S/c1-35(2,3)24-13-15-26(16-14-24)53(45,46)40-30-29(52-28-12-6-5-11-27(28)47-4)33(39-32(38-30)31-36-17-8-18-37-31)48-19-20-49-34(42)51-25-10-7-9-23(21-25)22-50-41(43)44/h5-18,21H,19-20,22H2,1-4H3,(H,38,39,40). The molecule has 0 aliphatic heterocycles. The van der Waals surface area contributed by atoms with Crippen molar-refractivity contribution in [1.82, 2.24) is 19.9 Å². The lowest BCUT2D eigenvalue weighted by atomic mass is 9.87. The largest absolute Gasteiger partial charge is 0.513 e. The zero-order chi connectivity index (χ0) is 38.0. The van der Waals surface area contributed by atoms with Crippen molar-refractivity contribution < 1.29 is 46.8 Å². The quantitative estimate of drug-likeness (QED) is 0.0419. The van der Waals surface area contributed by atoms with Crippen molar-refractivity contribution in [1.29, 1.82) is 0 Å². The fraction of sp³-hybridized carbons (Fsp3) is 0.229. The van der Waals surface area contributed by atoms with Crippen molar-refractivity contribution in [3.05, 3.63) is 112 Å². The molecule has 0 saturated carbocycles. The van der Waals surface area contributed by atoms with Crippen LogP contribution in [0.2, 0.25) is 0 Å². The van der Waals surface area contributed by atoms with E-state index in [1.54, 1.807) is 48.5 Å². The first-order valence-electron chi connectivity index (χ1n) is 15.8. The molecule has 0 unspecified atom stereocenters. The molecule has 0 aliphatic rings. The second-order valence-electron chi connectivity index (χ2n) is 11.9. The Hall–Kier alpha value is -6.56. The first-order valence-corrected chi connectivity index (χ1v) is 17.3. The van der Waals surface area contributed by atoms with Crippen molar-refractivity contribution in [2.75, 3.05) is 25.0 Å². The molecule has 1 N–H and O–H groups in total. The molecule has 0 bridgehead atoms. The molecule has 17 nitrogen and oxygen atoms in total. The van der Waals surface area contributed by atoms with Crippen LogP contribution in [-0.4, -0.2) is 59.9 Å². The van der Waals surface area contributed by atoms with Crippen LogP contribution < -0.4 is 23.7 Å². The molecule has 0 aliphatic carbocycles. The van der Waals surface area contributed by atoms with Crippen LogP contribution in [0.1, 0.15) is 31.9 Å². The smallest absolute Gasteiger partial charge is 0.493 e. The number of hydrogen-bond acceptors (Lipinski definition) is 15. The number of rotatable bonds is 15. The summed E-state index contributed by atoms with van der Waals surface area (Å²) in [7, 11) is -2.84. The zero-order valence-corrected chi connectivity index (χ0v) is 29.7. The Morgan fingerprint density at radius 2 is 1.60 bits per heavy atom. The summed E-state index contributed by atoms with van der Waals surface area (Å²) < 4.78 is 57.9. The molecule has 18 heteroatoms. The topological polar surface area (TPSA) is 213 Å². The second-order valence-corrected chi connectivity index (χ2v) is 13.6. The highest BCUT2D eigenvalue weighted by Gasteiger charge is 2.26. The van der Waals surface area contributed by atoms with Gasteiger partial charge in [-0.1, -0.05) is 57.2 Å². The average Bonchev–Trinajstić information content (AvgIpc) is 3.13. The molecule has 2 aromatic heterocycles. The van der Waals surface area contributed by atoms with Crippen molar-refractivity contribution in [2.24, 2.45) is 0 Å². The number of carbonyl (C=O) groups excluding carboxylic acids is 1. The number of benzene rings is 3. The molecule has 53 heavy (non-hydrogen) atoms. The minimum absolute atomic E-state index is 0.0434. The van der Waals surface area contributed by atoms with Crippen LogP contribution in [0, 0.1) is 10.1 Å². The van der Waals surface area contributed by atoms with Gasteiger partial charge in [0.15, 0.2) is 23.1 Å². The van der Waals surface area contributed by atoms with E-state index in [0.717, 1.165) is 5.56 Å². The fourth-order valence-corrected chi connectivity index (χ4v) is 5.56. The van der Waals surface area contributed by atoms with Crippen molar-refractivity contribution in [3.63, 3.8) is 0 Å². The third-order valence-corrected chi connectivity index (χ3v) is 8.48. The number of anilines is 1. The summed E-state index contributed by atoms with van der Waals surface area (Å²) in [6.45, 7) is 5.01. The monoisotopic (exact) mass is 746 g/mol. The number of hydrogen-bond donors (Lipinski definition) is 1. The van der Waals surface area contributed by atoms with E-state index in [9.17, 15) is 23.3 Å². The number of ether oxygens (including phenoxy) is 5. The Morgan fingerprint density at radius 1 is 0.887 bits per heavy atom. The summed E-state index contributed by atoms with van der Waals surface area (Å²) in [6, 6.07) is 20.5. The molecular weight excluding hydrogens is 712 g/mol. The Kier molecular flexibility index (Phi) is 11.8. The summed E-state index contributed by atoms with van der Waals surface area (Å²) >= 11 is 0. The third-order valence-electron chi connectivity index (χ3n) is 7.12. The molecule has 5 aromatic rings. The number of aromatic nitrogens is 4. The molecule has 3 aromatic carbocycles. The van der Waals surface area contributed by atoms with E-state index < -0.39 is 21.3 Å². The molecule has 0 spiro atoms. The van der Waals surface area contributed by atoms with Gasteiger partial charge >= 0.3 is 6.16 Å². The van der Waals surface area contributed by atoms with Crippen LogP contribution in [0.4, 0.5) is 10.6 Å². The van der Waals surface area contributed by atoms with Gasteiger partial charge in [-0.25, -0.2) is 28.2 Å². The Balaban J connectivity index is 1.44. The highest BCUT2D eigenvalue weighted by atomic mass is 32.2. The maximum absolute atomic E-state index is 13.8. The molecule has 0 atom stereocenters. The highest BCUT2D eigenvalue weighted by molar-refractivity contribution is 7.92. The highest BCUT2D eigenvalue weighted by Crippen LogP contribution is 2.41. The van der Waals surface area contributed by atoms with Crippen molar-refractivity contribution in [3.8, 4) is 40.5 Å². The predicted molar refractivity (Wildman–Crippen MR) is 188 cm³/mol. The van der Waals surface area contributed by atoms with Gasteiger partial charge in [0, 0.05) is 12.4 Å². The number of para-hydroxylation sites is 2. The Morgan fingerprint density at radius 3 is 2.28 bits per heavy atom. The zero-order valence-electron chi connectivity index (χ0n) is 28.9. The maximum Gasteiger partial charge on any atom is 0.513 e. The van der Waals surface area contributed by atoms with E-state index in [1.165, 1.54) is 49.8 Å². The summed E-state index contributed by atoms with van der Waals surface area (Å²) in [5, 5.41) is 9.56. The Labute approximate surface area is 304 Å². The molecule has 5 rings (SSSR count). The van der Waals surface area contributed by atoms with Gasteiger partial charge < -0.3 is 28.5 Å². The third kappa shape index (κ3) is 10.3.